The Morgan fingerprint density at radius 2 is 1.63 bits per heavy atom. The third-order valence-electron chi connectivity index (χ3n) is 5.47. The van der Waals surface area contributed by atoms with Crippen molar-refractivity contribution in [3.05, 3.63) is 35.9 Å². The van der Waals surface area contributed by atoms with Crippen molar-refractivity contribution in [2.24, 2.45) is 0 Å². The van der Waals surface area contributed by atoms with Crippen molar-refractivity contribution in [3.8, 4) is 5.75 Å². The Hall–Kier alpha value is -2.48. The lowest BCUT2D eigenvalue weighted by molar-refractivity contribution is -0.116. The quantitative estimate of drug-likeness (QED) is 0.0881. The van der Waals surface area contributed by atoms with Gasteiger partial charge in [0.05, 0.1) is 5.75 Å². The highest BCUT2D eigenvalue weighted by molar-refractivity contribution is 7.99. The zero-order valence-electron chi connectivity index (χ0n) is 21.0. The van der Waals surface area contributed by atoms with E-state index in [1.165, 1.54) is 69.6 Å². The van der Waals surface area contributed by atoms with Crippen LogP contribution in [-0.2, 0) is 4.79 Å². The van der Waals surface area contributed by atoms with Crippen LogP contribution in [0.3, 0.4) is 0 Å². The van der Waals surface area contributed by atoms with E-state index in [1.54, 1.807) is 11.8 Å². The van der Waals surface area contributed by atoms with Crippen molar-refractivity contribution in [3.63, 3.8) is 0 Å². The molecule has 1 aromatic rings. The Kier molecular flexibility index (Phi) is 17.3. The first-order valence-electron chi connectivity index (χ1n) is 12.8. The lowest BCUT2D eigenvalue weighted by Gasteiger charge is -2.09. The number of carbonyl (C=O) groups excluding carboxylic acids is 2. The van der Waals surface area contributed by atoms with Crippen LogP contribution in [-0.4, -0.2) is 46.0 Å². The lowest BCUT2D eigenvalue weighted by atomic mass is 10.1. The Morgan fingerprint density at radius 1 is 0.943 bits per heavy atom. The van der Waals surface area contributed by atoms with Gasteiger partial charge in [-0.25, -0.2) is 9.59 Å². The largest absolute Gasteiger partial charge is 0.507 e. The summed E-state index contributed by atoms with van der Waals surface area (Å²) in [5, 5.41) is 23.7. The second-order valence-electron chi connectivity index (χ2n) is 8.64. The van der Waals surface area contributed by atoms with Gasteiger partial charge in [-0.3, -0.25) is 4.79 Å². The number of aromatic hydroxyl groups is 1. The molecule has 0 atom stereocenters. The van der Waals surface area contributed by atoms with Crippen LogP contribution in [0.25, 0.3) is 0 Å². The Bertz CT molecular complexity index is 798. The van der Waals surface area contributed by atoms with Crippen LogP contribution < -0.4 is 10.6 Å². The van der Waals surface area contributed by atoms with Crippen LogP contribution in [0.5, 0.6) is 5.75 Å². The maximum absolute atomic E-state index is 12.0. The molecule has 0 spiro atoms. The maximum atomic E-state index is 12.0. The molecule has 196 valence electrons. The van der Waals surface area contributed by atoms with Gasteiger partial charge in [0.15, 0.2) is 0 Å². The van der Waals surface area contributed by atoms with E-state index in [2.05, 4.69) is 29.7 Å². The molecule has 0 aliphatic rings. The number of rotatable bonds is 20. The fraction of sp³-hybridized carbons (Fsp3) is 0.593. The summed E-state index contributed by atoms with van der Waals surface area (Å²) in [5.74, 6) is 0.0482. The highest BCUT2D eigenvalue weighted by Gasteiger charge is 2.11. The molecule has 0 aliphatic carbocycles. The molecule has 0 saturated heterocycles. The van der Waals surface area contributed by atoms with E-state index in [1.807, 2.05) is 0 Å². The van der Waals surface area contributed by atoms with Crippen LogP contribution in [0.1, 0.15) is 94.3 Å². The molecule has 4 N–H and O–H groups in total. The molecule has 8 heteroatoms. The minimum atomic E-state index is -1.28. The van der Waals surface area contributed by atoms with E-state index in [0.29, 0.717) is 25.1 Å². The monoisotopic (exact) mass is 506 g/mol. The number of thioether (sulfide) groups is 1. The molecule has 0 fully saturated rings. The number of allylic oxidation sites excluding steroid dienone is 2. The average molecular weight is 507 g/mol. The summed E-state index contributed by atoms with van der Waals surface area (Å²) in [6.07, 6.45) is 18.1. The molecule has 0 aromatic heterocycles. The number of urea groups is 1. The smallest absolute Gasteiger partial charge is 0.339 e. The summed E-state index contributed by atoms with van der Waals surface area (Å²) >= 11 is 1.68. The Morgan fingerprint density at radius 3 is 2.31 bits per heavy atom. The predicted octanol–water partition coefficient (Wildman–Crippen LogP) is 6.77. The van der Waals surface area contributed by atoms with Gasteiger partial charge in [0.25, 0.3) is 0 Å². The van der Waals surface area contributed by atoms with Gasteiger partial charge in [-0.1, -0.05) is 51.2 Å². The van der Waals surface area contributed by atoms with Crippen molar-refractivity contribution in [2.45, 2.75) is 84.0 Å². The number of aromatic carboxylic acids is 1. The summed E-state index contributed by atoms with van der Waals surface area (Å²) in [4.78, 5) is 34.9. The van der Waals surface area contributed by atoms with E-state index < -0.39 is 12.0 Å². The SMILES string of the molecule is CCCCCCC/C=C\CCCCCSCC(=O)CCCNC(=O)Nc1ccc(O)c(C(=O)O)c1. The van der Waals surface area contributed by atoms with Crippen molar-refractivity contribution in [1.29, 1.82) is 0 Å². The molecule has 0 saturated carbocycles. The van der Waals surface area contributed by atoms with Crippen molar-refractivity contribution in [1.82, 2.24) is 5.32 Å². The third kappa shape index (κ3) is 15.9. The normalized spacial score (nSPS) is 11.0. The number of ketones is 1. The predicted molar refractivity (Wildman–Crippen MR) is 145 cm³/mol. The zero-order valence-corrected chi connectivity index (χ0v) is 21.8. The molecule has 0 heterocycles. The van der Waals surface area contributed by atoms with Gasteiger partial charge in [-0.15, -0.1) is 0 Å². The first kappa shape index (κ1) is 30.6. The van der Waals surface area contributed by atoms with Crippen molar-refractivity contribution in [2.75, 3.05) is 23.4 Å². The number of anilines is 1. The molecular weight excluding hydrogens is 464 g/mol. The molecule has 35 heavy (non-hydrogen) atoms. The van der Waals surface area contributed by atoms with Gasteiger partial charge < -0.3 is 20.8 Å². The van der Waals surface area contributed by atoms with Crippen molar-refractivity contribution >= 4 is 35.2 Å². The topological polar surface area (TPSA) is 116 Å². The minimum absolute atomic E-state index is 0.184. The molecule has 1 rings (SSSR count). The molecular formula is C27H42N2O5S. The second kappa shape index (κ2) is 19.8. The summed E-state index contributed by atoms with van der Waals surface area (Å²) in [6, 6.07) is 3.32. The average Bonchev–Trinajstić information content (AvgIpc) is 2.83. The van der Waals surface area contributed by atoms with E-state index in [9.17, 15) is 19.5 Å². The number of amides is 2. The number of carbonyl (C=O) groups is 3. The Labute approximate surface area is 214 Å². The number of phenols is 1. The standard InChI is InChI=1S/C27H42N2O5S/c1-2-3-4-5-6-7-8-9-10-11-12-13-19-35-21-23(30)15-14-18-28-27(34)29-22-16-17-25(31)24(20-22)26(32)33/h8-9,16-17,20,31H,2-7,10-15,18-19,21H2,1H3,(H,32,33)(H2,28,29,34)/b9-8-. The first-order chi connectivity index (χ1) is 16.9. The van der Waals surface area contributed by atoms with Gasteiger partial charge in [0, 0.05) is 18.7 Å². The first-order valence-corrected chi connectivity index (χ1v) is 13.9. The van der Waals surface area contributed by atoms with Crippen molar-refractivity contribution < 1.29 is 24.6 Å². The van der Waals surface area contributed by atoms with Crippen LogP contribution >= 0.6 is 11.8 Å². The maximum Gasteiger partial charge on any atom is 0.339 e. The van der Waals surface area contributed by atoms with Crippen LogP contribution in [0.4, 0.5) is 10.5 Å². The third-order valence-corrected chi connectivity index (χ3v) is 6.57. The molecule has 0 unspecified atom stereocenters. The molecule has 0 bridgehead atoms. The summed E-state index contributed by atoms with van der Waals surface area (Å²) in [7, 11) is 0. The fourth-order valence-electron chi connectivity index (χ4n) is 3.45. The zero-order chi connectivity index (χ0) is 25.7. The van der Waals surface area contributed by atoms with Crippen LogP contribution in [0.2, 0.25) is 0 Å². The van der Waals surface area contributed by atoms with Gasteiger partial charge in [0.1, 0.15) is 17.1 Å². The molecule has 1 aromatic carbocycles. The van der Waals surface area contributed by atoms with Crippen LogP contribution in [0, 0.1) is 0 Å². The summed E-state index contributed by atoms with van der Waals surface area (Å²) < 4.78 is 0. The summed E-state index contributed by atoms with van der Waals surface area (Å²) in [5.41, 5.74) is -0.0229. The fourth-order valence-corrected chi connectivity index (χ4v) is 4.38. The lowest BCUT2D eigenvalue weighted by Crippen LogP contribution is -2.29. The number of benzene rings is 1. The number of nitrogens with one attached hydrogen (secondary N) is 2. The number of carboxylic acid groups (broad SMARTS) is 1. The highest BCUT2D eigenvalue weighted by atomic mass is 32.2. The molecule has 0 radical (unpaired) electrons. The molecule has 0 aliphatic heterocycles. The number of hydrogen-bond donors (Lipinski definition) is 4. The van der Waals surface area contributed by atoms with Gasteiger partial charge >= 0.3 is 12.0 Å². The number of unbranched alkanes of at least 4 members (excludes halogenated alkanes) is 8. The molecule has 7 nitrogen and oxygen atoms in total. The highest BCUT2D eigenvalue weighted by Crippen LogP contribution is 2.21. The van der Waals surface area contributed by atoms with E-state index in [4.69, 9.17) is 5.11 Å². The van der Waals surface area contributed by atoms with Gasteiger partial charge in [0.2, 0.25) is 0 Å². The summed E-state index contributed by atoms with van der Waals surface area (Å²) in [6.45, 7) is 2.59. The second-order valence-corrected chi connectivity index (χ2v) is 9.74. The van der Waals surface area contributed by atoms with Crippen LogP contribution in [0.15, 0.2) is 30.4 Å². The van der Waals surface area contributed by atoms with Gasteiger partial charge in [-0.2, -0.15) is 11.8 Å². The van der Waals surface area contributed by atoms with E-state index >= 15 is 0 Å². The Balaban J connectivity index is 1.98. The van der Waals surface area contributed by atoms with E-state index in [-0.39, 0.29) is 22.8 Å². The van der Waals surface area contributed by atoms with Gasteiger partial charge in [-0.05, 0) is 62.5 Å². The molecule has 2 amide bonds. The number of carboxylic acids is 1. The minimum Gasteiger partial charge on any atom is -0.507 e. The number of Topliss-reactive ketones (excluding diaryl/α,β-unsaturated/α-hetero) is 1. The van der Waals surface area contributed by atoms with E-state index in [0.717, 1.165) is 18.6 Å². The number of hydrogen-bond acceptors (Lipinski definition) is 5.